The number of aromatic nitrogens is 3. The minimum absolute atomic E-state index is 0.436. The number of hydrogen-bond donors (Lipinski definition) is 1. The summed E-state index contributed by atoms with van der Waals surface area (Å²) in [7, 11) is 0. The fourth-order valence-electron chi connectivity index (χ4n) is 0.805. The second-order valence-electron chi connectivity index (χ2n) is 2.27. The maximum atomic E-state index is 5.41. The van der Waals surface area contributed by atoms with Gasteiger partial charge in [0, 0.05) is 6.07 Å². The first-order valence-corrected chi connectivity index (χ1v) is 4.10. The maximum Gasteiger partial charge on any atom is 0.203 e. The second kappa shape index (κ2) is 2.56. The molecule has 0 radical (unpaired) electrons. The molecular weight excluding hydrogens is 176 g/mol. The molecule has 0 unspecified atom stereocenters. The highest BCUT2D eigenvalue weighted by Crippen LogP contribution is 2.23. The van der Waals surface area contributed by atoms with Crippen molar-refractivity contribution in [2.45, 2.75) is 6.92 Å². The fourth-order valence-corrected chi connectivity index (χ4v) is 1.37. The van der Waals surface area contributed by atoms with Gasteiger partial charge in [-0.25, -0.2) is 0 Å². The van der Waals surface area contributed by atoms with Gasteiger partial charge in [-0.3, -0.25) is 0 Å². The highest BCUT2D eigenvalue weighted by atomic mass is 32.1. The van der Waals surface area contributed by atoms with Crippen molar-refractivity contribution in [3.8, 4) is 10.7 Å². The van der Waals surface area contributed by atoms with Crippen LogP contribution in [-0.4, -0.2) is 15.4 Å². The minimum atomic E-state index is 0.436. The van der Waals surface area contributed by atoms with Crippen LogP contribution in [0.2, 0.25) is 0 Å². The van der Waals surface area contributed by atoms with Gasteiger partial charge in [0.1, 0.15) is 11.5 Å². The first-order chi connectivity index (χ1) is 5.75. The molecule has 0 aliphatic heterocycles. The summed E-state index contributed by atoms with van der Waals surface area (Å²) >= 11 is 1.29. The maximum absolute atomic E-state index is 5.41. The van der Waals surface area contributed by atoms with Crippen molar-refractivity contribution < 1.29 is 4.52 Å². The standard InChI is InChI=1S/C6H6N4OS/c1-3-2-4(10-11-3)5-8-9-6(7)12-5/h2H,1H3,(H2,7,9). The van der Waals surface area contributed by atoms with Crippen LogP contribution in [0.4, 0.5) is 5.13 Å². The number of nitrogen functional groups attached to an aromatic ring is 1. The van der Waals surface area contributed by atoms with Crippen LogP contribution in [0.15, 0.2) is 10.6 Å². The van der Waals surface area contributed by atoms with Crippen molar-refractivity contribution >= 4 is 16.5 Å². The first kappa shape index (κ1) is 7.23. The van der Waals surface area contributed by atoms with E-state index in [0.717, 1.165) is 5.76 Å². The molecule has 0 atom stereocenters. The lowest BCUT2D eigenvalue weighted by atomic mass is 10.4. The summed E-state index contributed by atoms with van der Waals surface area (Å²) in [5.74, 6) is 0.749. The molecule has 62 valence electrons. The molecule has 0 bridgehead atoms. The molecule has 2 N–H and O–H groups in total. The van der Waals surface area contributed by atoms with Gasteiger partial charge < -0.3 is 10.3 Å². The molecule has 0 spiro atoms. The molecule has 5 nitrogen and oxygen atoms in total. The summed E-state index contributed by atoms with van der Waals surface area (Å²) in [5, 5.41) is 12.4. The highest BCUT2D eigenvalue weighted by Gasteiger charge is 2.08. The molecule has 2 rings (SSSR count). The van der Waals surface area contributed by atoms with E-state index in [0.29, 0.717) is 15.8 Å². The van der Waals surface area contributed by atoms with Gasteiger partial charge in [-0.2, -0.15) is 0 Å². The Morgan fingerprint density at radius 3 is 2.83 bits per heavy atom. The zero-order valence-corrected chi connectivity index (χ0v) is 7.13. The number of hydrogen-bond acceptors (Lipinski definition) is 6. The number of rotatable bonds is 1. The summed E-state index contributed by atoms with van der Waals surface area (Å²) in [6, 6.07) is 1.79. The van der Waals surface area contributed by atoms with Crippen molar-refractivity contribution in [1.29, 1.82) is 0 Å². The predicted molar refractivity (Wildman–Crippen MR) is 44.6 cm³/mol. The van der Waals surface area contributed by atoms with E-state index in [1.165, 1.54) is 11.3 Å². The second-order valence-corrected chi connectivity index (χ2v) is 3.28. The number of aryl methyl sites for hydroxylation is 1. The van der Waals surface area contributed by atoms with Gasteiger partial charge in [-0.15, -0.1) is 10.2 Å². The number of nitrogens with zero attached hydrogens (tertiary/aromatic N) is 3. The third-order valence-electron chi connectivity index (χ3n) is 1.29. The van der Waals surface area contributed by atoms with E-state index in [-0.39, 0.29) is 0 Å². The normalized spacial score (nSPS) is 10.4. The van der Waals surface area contributed by atoms with E-state index >= 15 is 0 Å². The molecule has 0 saturated carbocycles. The van der Waals surface area contributed by atoms with Gasteiger partial charge >= 0.3 is 0 Å². The molecule has 0 fully saturated rings. The summed E-state index contributed by atoms with van der Waals surface area (Å²) in [6.07, 6.45) is 0. The van der Waals surface area contributed by atoms with E-state index in [4.69, 9.17) is 10.3 Å². The Labute approximate surface area is 72.2 Å². The van der Waals surface area contributed by atoms with Gasteiger partial charge in [0.15, 0.2) is 5.01 Å². The van der Waals surface area contributed by atoms with E-state index in [1.54, 1.807) is 6.07 Å². The molecule has 0 saturated heterocycles. The van der Waals surface area contributed by atoms with Crippen LogP contribution in [0.1, 0.15) is 5.76 Å². The minimum Gasteiger partial charge on any atom is -0.374 e. The molecule has 6 heteroatoms. The van der Waals surface area contributed by atoms with Crippen molar-refractivity contribution in [3.63, 3.8) is 0 Å². The Hall–Kier alpha value is -1.43. The lowest BCUT2D eigenvalue weighted by Gasteiger charge is -1.78. The largest absolute Gasteiger partial charge is 0.374 e. The van der Waals surface area contributed by atoms with Gasteiger partial charge in [0.2, 0.25) is 5.13 Å². The molecule has 0 amide bonds. The van der Waals surface area contributed by atoms with E-state index in [9.17, 15) is 0 Å². The Balaban J connectivity index is 2.43. The van der Waals surface area contributed by atoms with Gasteiger partial charge in [0.05, 0.1) is 0 Å². The van der Waals surface area contributed by atoms with Crippen molar-refractivity contribution in [1.82, 2.24) is 15.4 Å². The number of anilines is 1. The van der Waals surface area contributed by atoms with Crippen LogP contribution in [-0.2, 0) is 0 Å². The highest BCUT2D eigenvalue weighted by molar-refractivity contribution is 7.18. The number of nitrogens with two attached hydrogens (primary N) is 1. The predicted octanol–water partition coefficient (Wildman–Crippen LogP) is 1.08. The molecule has 0 aromatic carbocycles. The molecule has 2 aromatic heterocycles. The fraction of sp³-hybridized carbons (Fsp3) is 0.167. The molecule has 0 aliphatic rings. The average molecular weight is 182 g/mol. The third-order valence-corrected chi connectivity index (χ3v) is 2.06. The average Bonchev–Trinajstić information content (AvgIpc) is 2.58. The zero-order valence-electron chi connectivity index (χ0n) is 6.31. The van der Waals surface area contributed by atoms with Crippen LogP contribution in [0.25, 0.3) is 10.7 Å². The van der Waals surface area contributed by atoms with E-state index in [2.05, 4.69) is 15.4 Å². The first-order valence-electron chi connectivity index (χ1n) is 3.28. The third kappa shape index (κ3) is 1.16. The van der Waals surface area contributed by atoms with E-state index < -0.39 is 0 Å². The van der Waals surface area contributed by atoms with Gasteiger partial charge in [0.25, 0.3) is 0 Å². The molecule has 12 heavy (non-hydrogen) atoms. The monoisotopic (exact) mass is 182 g/mol. The van der Waals surface area contributed by atoms with Gasteiger partial charge in [-0.1, -0.05) is 16.5 Å². The summed E-state index contributed by atoms with van der Waals surface area (Å²) in [4.78, 5) is 0. The van der Waals surface area contributed by atoms with Crippen molar-refractivity contribution in [2.24, 2.45) is 0 Å². The summed E-state index contributed by atoms with van der Waals surface area (Å²) < 4.78 is 4.88. The Morgan fingerprint density at radius 2 is 2.33 bits per heavy atom. The quantitative estimate of drug-likeness (QED) is 0.714. The molecule has 0 aliphatic carbocycles. The molecular formula is C6H6N4OS. The lowest BCUT2D eigenvalue weighted by molar-refractivity contribution is 0.399. The van der Waals surface area contributed by atoms with Crippen LogP contribution in [0.5, 0.6) is 0 Å². The smallest absolute Gasteiger partial charge is 0.203 e. The van der Waals surface area contributed by atoms with Gasteiger partial charge in [-0.05, 0) is 6.92 Å². The zero-order chi connectivity index (χ0) is 8.55. The SMILES string of the molecule is Cc1cc(-c2nnc(N)s2)no1. The van der Waals surface area contributed by atoms with Crippen LogP contribution in [0.3, 0.4) is 0 Å². The Morgan fingerprint density at radius 1 is 1.50 bits per heavy atom. The van der Waals surface area contributed by atoms with Crippen molar-refractivity contribution in [3.05, 3.63) is 11.8 Å². The lowest BCUT2D eigenvalue weighted by Crippen LogP contribution is -1.80. The van der Waals surface area contributed by atoms with Crippen LogP contribution < -0.4 is 5.73 Å². The van der Waals surface area contributed by atoms with Crippen molar-refractivity contribution in [2.75, 3.05) is 5.73 Å². The Bertz CT molecular complexity index is 355. The molecule has 2 heterocycles. The van der Waals surface area contributed by atoms with Crippen LogP contribution >= 0.6 is 11.3 Å². The molecule has 2 aromatic rings. The Kier molecular flexibility index (Phi) is 1.54. The van der Waals surface area contributed by atoms with Crippen LogP contribution in [0, 0.1) is 6.92 Å². The topological polar surface area (TPSA) is 77.8 Å². The van der Waals surface area contributed by atoms with E-state index in [1.807, 2.05) is 6.92 Å². The summed E-state index contributed by atoms with van der Waals surface area (Å²) in [6.45, 7) is 1.82. The summed E-state index contributed by atoms with van der Waals surface area (Å²) in [5.41, 5.74) is 6.09.